The lowest BCUT2D eigenvalue weighted by atomic mass is 10.2. The molecule has 106 valence electrons. The lowest BCUT2D eigenvalue weighted by molar-refractivity contribution is 0.393. The van der Waals surface area contributed by atoms with E-state index in [4.69, 9.17) is 21.1 Å². The van der Waals surface area contributed by atoms with E-state index < -0.39 is 0 Å². The summed E-state index contributed by atoms with van der Waals surface area (Å²) in [7, 11) is 3.29. The molecule has 0 unspecified atom stereocenters. The van der Waals surface area contributed by atoms with E-state index in [-0.39, 0.29) is 0 Å². The molecule has 20 heavy (non-hydrogen) atoms. The molecule has 2 aromatic carbocycles. The summed E-state index contributed by atoms with van der Waals surface area (Å²) < 4.78 is 10.5. The van der Waals surface area contributed by atoms with Gasteiger partial charge in [-0.2, -0.15) is 0 Å². The molecule has 3 nitrogen and oxygen atoms in total. The molecule has 0 amide bonds. The Labute approximate surface area is 124 Å². The standard InChI is InChI=1S/C16H18ClNO2/c1-11-4-5-13(8-16(11)17)18-10-12-6-14(19-2)9-15(7-12)20-3/h4-9,18H,10H2,1-3H3. The van der Waals surface area contributed by atoms with Crippen molar-refractivity contribution in [2.24, 2.45) is 0 Å². The zero-order valence-corrected chi connectivity index (χ0v) is 12.6. The van der Waals surface area contributed by atoms with Crippen molar-refractivity contribution in [3.05, 3.63) is 52.5 Å². The van der Waals surface area contributed by atoms with Crippen LogP contribution >= 0.6 is 11.6 Å². The SMILES string of the molecule is COc1cc(CNc2ccc(C)c(Cl)c2)cc(OC)c1. The fourth-order valence-corrected chi connectivity index (χ4v) is 2.06. The number of nitrogens with one attached hydrogen (secondary N) is 1. The number of hydrogen-bond donors (Lipinski definition) is 1. The molecule has 2 aromatic rings. The van der Waals surface area contributed by atoms with Gasteiger partial charge < -0.3 is 14.8 Å². The van der Waals surface area contributed by atoms with Crippen molar-refractivity contribution in [3.8, 4) is 11.5 Å². The maximum atomic E-state index is 6.11. The number of hydrogen-bond acceptors (Lipinski definition) is 3. The van der Waals surface area contributed by atoms with Crippen molar-refractivity contribution in [2.75, 3.05) is 19.5 Å². The summed E-state index contributed by atoms with van der Waals surface area (Å²) in [6.07, 6.45) is 0. The van der Waals surface area contributed by atoms with Gasteiger partial charge in [0.05, 0.1) is 14.2 Å². The second-order valence-electron chi connectivity index (χ2n) is 4.54. The topological polar surface area (TPSA) is 30.5 Å². The van der Waals surface area contributed by atoms with Gasteiger partial charge >= 0.3 is 0 Å². The monoisotopic (exact) mass is 291 g/mol. The van der Waals surface area contributed by atoms with Crippen LogP contribution in [0.25, 0.3) is 0 Å². The van der Waals surface area contributed by atoms with E-state index in [0.717, 1.165) is 33.3 Å². The normalized spacial score (nSPS) is 10.2. The number of anilines is 1. The van der Waals surface area contributed by atoms with Gasteiger partial charge in [0.1, 0.15) is 11.5 Å². The van der Waals surface area contributed by atoms with Crippen LogP contribution in [-0.2, 0) is 6.54 Å². The van der Waals surface area contributed by atoms with Crippen LogP contribution in [0.1, 0.15) is 11.1 Å². The number of benzene rings is 2. The third-order valence-electron chi connectivity index (χ3n) is 3.08. The van der Waals surface area contributed by atoms with Gasteiger partial charge in [-0.25, -0.2) is 0 Å². The Bertz CT molecular complexity index is 577. The minimum absolute atomic E-state index is 0.674. The lowest BCUT2D eigenvalue weighted by Gasteiger charge is -2.11. The molecule has 0 saturated carbocycles. The molecule has 0 saturated heterocycles. The van der Waals surface area contributed by atoms with Crippen LogP contribution < -0.4 is 14.8 Å². The maximum absolute atomic E-state index is 6.11. The van der Waals surface area contributed by atoms with Crippen LogP contribution in [0, 0.1) is 6.92 Å². The third-order valence-corrected chi connectivity index (χ3v) is 3.49. The molecule has 0 fully saturated rings. The average molecular weight is 292 g/mol. The highest BCUT2D eigenvalue weighted by molar-refractivity contribution is 6.31. The smallest absolute Gasteiger partial charge is 0.122 e. The summed E-state index contributed by atoms with van der Waals surface area (Å²) in [6, 6.07) is 11.7. The first-order valence-corrected chi connectivity index (χ1v) is 6.72. The Morgan fingerprint density at radius 1 is 1.00 bits per heavy atom. The molecule has 0 spiro atoms. The van der Waals surface area contributed by atoms with Crippen LogP contribution in [-0.4, -0.2) is 14.2 Å². The van der Waals surface area contributed by atoms with Crippen LogP contribution in [0.5, 0.6) is 11.5 Å². The molecular weight excluding hydrogens is 274 g/mol. The maximum Gasteiger partial charge on any atom is 0.122 e. The Balaban J connectivity index is 2.11. The van der Waals surface area contributed by atoms with Gasteiger partial charge in [-0.05, 0) is 42.3 Å². The van der Waals surface area contributed by atoms with Crippen LogP contribution in [0.15, 0.2) is 36.4 Å². The first-order chi connectivity index (χ1) is 9.62. The minimum atomic E-state index is 0.674. The van der Waals surface area contributed by atoms with E-state index in [9.17, 15) is 0 Å². The Morgan fingerprint density at radius 3 is 2.20 bits per heavy atom. The summed E-state index contributed by atoms with van der Waals surface area (Å²) in [5.74, 6) is 1.56. The summed E-state index contributed by atoms with van der Waals surface area (Å²) >= 11 is 6.11. The van der Waals surface area contributed by atoms with Crippen molar-refractivity contribution in [1.29, 1.82) is 0 Å². The highest BCUT2D eigenvalue weighted by atomic mass is 35.5. The van der Waals surface area contributed by atoms with E-state index in [2.05, 4.69) is 5.32 Å². The van der Waals surface area contributed by atoms with Crippen LogP contribution in [0.3, 0.4) is 0 Å². The van der Waals surface area contributed by atoms with Crippen molar-refractivity contribution in [2.45, 2.75) is 13.5 Å². The van der Waals surface area contributed by atoms with Crippen molar-refractivity contribution >= 4 is 17.3 Å². The number of halogens is 1. The molecule has 2 rings (SSSR count). The molecule has 0 aliphatic rings. The molecule has 0 aliphatic heterocycles. The first kappa shape index (κ1) is 14.5. The predicted octanol–water partition coefficient (Wildman–Crippen LogP) is 4.28. The van der Waals surface area contributed by atoms with Crippen molar-refractivity contribution in [3.63, 3.8) is 0 Å². The number of ether oxygens (including phenoxy) is 2. The quantitative estimate of drug-likeness (QED) is 0.892. The Hall–Kier alpha value is -1.87. The molecule has 1 N–H and O–H groups in total. The average Bonchev–Trinajstić information content (AvgIpc) is 2.48. The molecule has 0 bridgehead atoms. The number of rotatable bonds is 5. The van der Waals surface area contributed by atoms with E-state index in [1.165, 1.54) is 0 Å². The van der Waals surface area contributed by atoms with Crippen LogP contribution in [0.2, 0.25) is 5.02 Å². The predicted molar refractivity (Wildman–Crippen MR) is 83.1 cm³/mol. The Morgan fingerprint density at radius 2 is 1.65 bits per heavy atom. The van der Waals surface area contributed by atoms with Crippen LogP contribution in [0.4, 0.5) is 5.69 Å². The molecule has 0 atom stereocenters. The zero-order chi connectivity index (χ0) is 14.5. The fourth-order valence-electron chi connectivity index (χ4n) is 1.88. The first-order valence-electron chi connectivity index (χ1n) is 6.34. The highest BCUT2D eigenvalue weighted by Crippen LogP contribution is 2.24. The van der Waals surface area contributed by atoms with E-state index >= 15 is 0 Å². The molecule has 0 radical (unpaired) electrons. The third kappa shape index (κ3) is 3.58. The minimum Gasteiger partial charge on any atom is -0.497 e. The molecule has 0 aliphatic carbocycles. The van der Waals surface area contributed by atoms with E-state index in [1.54, 1.807) is 14.2 Å². The molecule has 0 aromatic heterocycles. The van der Waals surface area contributed by atoms with Gasteiger partial charge in [0, 0.05) is 23.3 Å². The fraction of sp³-hybridized carbons (Fsp3) is 0.250. The summed E-state index contributed by atoms with van der Waals surface area (Å²) in [5.41, 5.74) is 3.14. The van der Waals surface area contributed by atoms with Gasteiger partial charge in [-0.15, -0.1) is 0 Å². The van der Waals surface area contributed by atoms with E-state index in [1.807, 2.05) is 43.3 Å². The molecular formula is C16H18ClNO2. The Kier molecular flexibility index (Phi) is 4.74. The number of aryl methyl sites for hydroxylation is 1. The lowest BCUT2D eigenvalue weighted by Crippen LogP contribution is -2.00. The molecule has 4 heteroatoms. The second kappa shape index (κ2) is 6.53. The molecule has 0 heterocycles. The van der Waals surface area contributed by atoms with Gasteiger partial charge in [-0.1, -0.05) is 17.7 Å². The van der Waals surface area contributed by atoms with Gasteiger partial charge in [0.15, 0.2) is 0 Å². The second-order valence-corrected chi connectivity index (χ2v) is 4.95. The number of methoxy groups -OCH3 is 2. The zero-order valence-electron chi connectivity index (χ0n) is 11.9. The highest BCUT2D eigenvalue weighted by Gasteiger charge is 2.03. The summed E-state index contributed by atoms with van der Waals surface area (Å²) in [5, 5.41) is 4.10. The largest absolute Gasteiger partial charge is 0.497 e. The van der Waals surface area contributed by atoms with Gasteiger partial charge in [0.2, 0.25) is 0 Å². The van der Waals surface area contributed by atoms with E-state index in [0.29, 0.717) is 6.54 Å². The summed E-state index contributed by atoms with van der Waals surface area (Å²) in [6.45, 7) is 2.66. The summed E-state index contributed by atoms with van der Waals surface area (Å²) in [4.78, 5) is 0. The van der Waals surface area contributed by atoms with Gasteiger partial charge in [0.25, 0.3) is 0 Å². The van der Waals surface area contributed by atoms with Gasteiger partial charge in [-0.3, -0.25) is 0 Å². The van der Waals surface area contributed by atoms with Crippen molar-refractivity contribution < 1.29 is 9.47 Å². The van der Waals surface area contributed by atoms with Crippen molar-refractivity contribution in [1.82, 2.24) is 0 Å².